The summed E-state index contributed by atoms with van der Waals surface area (Å²) in [5, 5.41) is 11.7. The first-order valence-electron chi connectivity index (χ1n) is 7.26. The standard InChI is InChI=1S/C15H20N2O4S2/c1-3-10(2)14(15(18)16-19)17-23(20,21)9-11-4-5-13-12(8-11)6-7-22-13/h4-8,10,14,17,19H,3,9H2,1-2H3,(H,16,18)/t10-,14-/m1/s1. The first-order valence-corrected chi connectivity index (χ1v) is 9.79. The van der Waals surface area contributed by atoms with E-state index in [1.807, 2.05) is 30.5 Å². The molecule has 1 heterocycles. The monoisotopic (exact) mass is 356 g/mol. The van der Waals surface area contributed by atoms with Crippen molar-refractivity contribution < 1.29 is 18.4 Å². The summed E-state index contributed by atoms with van der Waals surface area (Å²) in [4.78, 5) is 11.7. The molecule has 2 atom stereocenters. The highest BCUT2D eigenvalue weighted by molar-refractivity contribution is 7.88. The lowest BCUT2D eigenvalue weighted by atomic mass is 10.00. The van der Waals surface area contributed by atoms with E-state index in [1.54, 1.807) is 24.3 Å². The van der Waals surface area contributed by atoms with E-state index < -0.39 is 22.0 Å². The Kier molecular flexibility index (Phi) is 5.74. The van der Waals surface area contributed by atoms with Gasteiger partial charge in [-0.05, 0) is 40.4 Å². The van der Waals surface area contributed by atoms with Crippen molar-refractivity contribution in [1.82, 2.24) is 10.2 Å². The lowest BCUT2D eigenvalue weighted by Gasteiger charge is -2.22. The van der Waals surface area contributed by atoms with Crippen LogP contribution in [0.15, 0.2) is 29.6 Å². The number of sulfonamides is 1. The van der Waals surface area contributed by atoms with Crippen molar-refractivity contribution in [3.8, 4) is 0 Å². The van der Waals surface area contributed by atoms with Crippen LogP contribution in [0.2, 0.25) is 0 Å². The van der Waals surface area contributed by atoms with Gasteiger partial charge in [-0.15, -0.1) is 11.3 Å². The summed E-state index contributed by atoms with van der Waals surface area (Å²) in [6.45, 7) is 3.60. The van der Waals surface area contributed by atoms with Crippen molar-refractivity contribution in [1.29, 1.82) is 0 Å². The molecule has 0 radical (unpaired) electrons. The summed E-state index contributed by atoms with van der Waals surface area (Å²) in [6.07, 6.45) is 0.599. The Bertz CT molecular complexity index is 786. The minimum absolute atomic E-state index is 0.218. The van der Waals surface area contributed by atoms with Crippen LogP contribution >= 0.6 is 11.3 Å². The number of hydrogen-bond donors (Lipinski definition) is 3. The summed E-state index contributed by atoms with van der Waals surface area (Å²) in [5.74, 6) is -1.21. The number of nitrogens with one attached hydrogen (secondary N) is 2. The lowest BCUT2D eigenvalue weighted by Crippen LogP contribution is -2.49. The van der Waals surface area contributed by atoms with Crippen LogP contribution in [0.1, 0.15) is 25.8 Å². The lowest BCUT2D eigenvalue weighted by molar-refractivity contribution is -0.132. The second-order valence-corrected chi connectivity index (χ2v) is 8.21. The summed E-state index contributed by atoms with van der Waals surface area (Å²) in [6, 6.07) is 6.42. The average Bonchev–Trinajstić information content (AvgIpc) is 2.98. The predicted molar refractivity (Wildman–Crippen MR) is 90.8 cm³/mol. The molecular weight excluding hydrogens is 336 g/mol. The molecule has 23 heavy (non-hydrogen) atoms. The van der Waals surface area contributed by atoms with Crippen LogP contribution in [-0.4, -0.2) is 25.6 Å². The number of hydroxylamine groups is 1. The third-order valence-electron chi connectivity index (χ3n) is 3.79. The second kappa shape index (κ2) is 7.39. The Morgan fingerprint density at radius 2 is 2.09 bits per heavy atom. The Labute approximate surface area is 139 Å². The van der Waals surface area contributed by atoms with Crippen LogP contribution in [0.3, 0.4) is 0 Å². The molecule has 0 spiro atoms. The maximum atomic E-state index is 12.4. The molecule has 0 unspecified atom stereocenters. The second-order valence-electron chi connectivity index (χ2n) is 5.51. The quantitative estimate of drug-likeness (QED) is 0.524. The predicted octanol–water partition coefficient (Wildman–Crippen LogP) is 2.24. The maximum Gasteiger partial charge on any atom is 0.261 e. The molecule has 0 saturated carbocycles. The summed E-state index contributed by atoms with van der Waals surface area (Å²) >= 11 is 1.59. The van der Waals surface area contributed by atoms with Crippen LogP contribution in [0.5, 0.6) is 0 Å². The Balaban J connectivity index is 2.17. The zero-order chi connectivity index (χ0) is 17.0. The number of rotatable bonds is 7. The van der Waals surface area contributed by atoms with E-state index in [0.29, 0.717) is 12.0 Å². The molecule has 0 saturated heterocycles. The average molecular weight is 356 g/mol. The van der Waals surface area contributed by atoms with Crippen LogP contribution in [-0.2, 0) is 20.6 Å². The van der Waals surface area contributed by atoms with Gasteiger partial charge in [-0.2, -0.15) is 0 Å². The smallest absolute Gasteiger partial charge is 0.261 e. The van der Waals surface area contributed by atoms with Crippen molar-refractivity contribution >= 4 is 37.4 Å². The fraction of sp³-hybridized carbons (Fsp3) is 0.400. The molecule has 0 fully saturated rings. The van der Waals surface area contributed by atoms with Gasteiger partial charge in [-0.3, -0.25) is 10.0 Å². The van der Waals surface area contributed by atoms with Gasteiger partial charge in [0, 0.05) is 4.70 Å². The highest BCUT2D eigenvalue weighted by Gasteiger charge is 2.28. The molecule has 1 amide bonds. The zero-order valence-corrected chi connectivity index (χ0v) is 14.6. The number of carbonyl (C=O) groups is 1. The van der Waals surface area contributed by atoms with Crippen molar-refractivity contribution in [2.75, 3.05) is 0 Å². The summed E-state index contributed by atoms with van der Waals surface area (Å²) in [7, 11) is -3.71. The van der Waals surface area contributed by atoms with E-state index >= 15 is 0 Å². The fourth-order valence-corrected chi connectivity index (χ4v) is 4.49. The van der Waals surface area contributed by atoms with Gasteiger partial charge in [-0.1, -0.05) is 26.3 Å². The van der Waals surface area contributed by atoms with Gasteiger partial charge in [0.1, 0.15) is 6.04 Å². The fourth-order valence-electron chi connectivity index (χ4n) is 2.29. The Morgan fingerprint density at radius 1 is 1.35 bits per heavy atom. The van der Waals surface area contributed by atoms with E-state index in [2.05, 4.69) is 4.72 Å². The maximum absolute atomic E-state index is 12.4. The molecular formula is C15H20N2O4S2. The molecule has 126 valence electrons. The zero-order valence-electron chi connectivity index (χ0n) is 12.9. The number of hydrogen-bond acceptors (Lipinski definition) is 5. The number of amides is 1. The topological polar surface area (TPSA) is 95.5 Å². The molecule has 1 aromatic carbocycles. The van der Waals surface area contributed by atoms with Crippen LogP contribution in [0.25, 0.3) is 10.1 Å². The number of carbonyl (C=O) groups excluding carboxylic acids is 1. The summed E-state index contributed by atoms with van der Waals surface area (Å²) in [5.41, 5.74) is 2.17. The van der Waals surface area contributed by atoms with Gasteiger partial charge in [0.05, 0.1) is 5.75 Å². The largest absolute Gasteiger partial charge is 0.289 e. The third kappa shape index (κ3) is 4.51. The first kappa shape index (κ1) is 17.9. The van der Waals surface area contributed by atoms with E-state index in [1.165, 1.54) is 5.48 Å². The van der Waals surface area contributed by atoms with E-state index in [-0.39, 0.29) is 11.7 Å². The highest BCUT2D eigenvalue weighted by Crippen LogP contribution is 2.22. The number of benzene rings is 1. The van der Waals surface area contributed by atoms with Crippen LogP contribution in [0.4, 0.5) is 0 Å². The Morgan fingerprint density at radius 3 is 2.74 bits per heavy atom. The van der Waals surface area contributed by atoms with Crippen molar-refractivity contribution in [2.45, 2.75) is 32.1 Å². The van der Waals surface area contributed by atoms with E-state index in [0.717, 1.165) is 10.1 Å². The van der Waals surface area contributed by atoms with Crippen molar-refractivity contribution in [2.24, 2.45) is 5.92 Å². The van der Waals surface area contributed by atoms with E-state index in [4.69, 9.17) is 5.21 Å². The molecule has 0 bridgehead atoms. The first-order chi connectivity index (χ1) is 10.9. The molecule has 3 N–H and O–H groups in total. The van der Waals surface area contributed by atoms with Gasteiger partial charge >= 0.3 is 0 Å². The van der Waals surface area contributed by atoms with Gasteiger partial charge in [0.2, 0.25) is 10.0 Å². The SMILES string of the molecule is CC[C@@H](C)[C@@H](NS(=O)(=O)Cc1ccc2sccc2c1)C(=O)NO. The van der Waals surface area contributed by atoms with Crippen molar-refractivity contribution in [3.05, 3.63) is 35.2 Å². The number of fused-ring (bicyclic) bond motifs is 1. The normalized spacial score (nSPS) is 14.6. The van der Waals surface area contributed by atoms with Gasteiger partial charge in [0.25, 0.3) is 5.91 Å². The molecule has 2 rings (SSSR count). The molecule has 0 aliphatic carbocycles. The van der Waals surface area contributed by atoms with Gasteiger partial charge in [0.15, 0.2) is 0 Å². The molecule has 6 nitrogen and oxygen atoms in total. The Hall–Kier alpha value is -1.48. The molecule has 0 aliphatic rings. The highest BCUT2D eigenvalue weighted by atomic mass is 32.2. The van der Waals surface area contributed by atoms with E-state index in [9.17, 15) is 13.2 Å². The molecule has 0 aliphatic heterocycles. The molecule has 1 aromatic heterocycles. The van der Waals surface area contributed by atoms with Crippen LogP contribution in [0, 0.1) is 5.92 Å². The number of thiophene rings is 1. The summed E-state index contributed by atoms with van der Waals surface area (Å²) < 4.78 is 28.2. The minimum atomic E-state index is -3.71. The van der Waals surface area contributed by atoms with Gasteiger partial charge < -0.3 is 0 Å². The van der Waals surface area contributed by atoms with Crippen molar-refractivity contribution in [3.63, 3.8) is 0 Å². The third-order valence-corrected chi connectivity index (χ3v) is 6.01. The van der Waals surface area contributed by atoms with Gasteiger partial charge in [-0.25, -0.2) is 18.6 Å². The minimum Gasteiger partial charge on any atom is -0.289 e. The molecule has 8 heteroatoms. The van der Waals surface area contributed by atoms with Crippen LogP contribution < -0.4 is 10.2 Å². The molecule has 2 aromatic rings.